The number of rotatable bonds is 3. The number of halogens is 3. The Morgan fingerprint density at radius 2 is 1.94 bits per heavy atom. The van der Waals surface area contributed by atoms with Gasteiger partial charge in [0.15, 0.2) is 0 Å². The molecule has 1 aromatic carbocycles. The van der Waals surface area contributed by atoms with Gasteiger partial charge >= 0.3 is 0 Å². The molecule has 2 rings (SSSR count). The monoisotopic (exact) mass is 344 g/mol. The van der Waals surface area contributed by atoms with E-state index in [0.717, 1.165) is 15.7 Å². The number of benzene rings is 1. The molecule has 1 unspecified atom stereocenters. The van der Waals surface area contributed by atoms with Crippen molar-refractivity contribution in [3.63, 3.8) is 0 Å². The molecule has 0 bridgehead atoms. The van der Waals surface area contributed by atoms with Crippen LogP contribution in [0.15, 0.2) is 41.0 Å². The first kappa shape index (κ1) is 13.8. The second kappa shape index (κ2) is 6.02. The Hall–Kier alpha value is -0.610. The van der Waals surface area contributed by atoms with E-state index in [1.807, 2.05) is 18.2 Å². The summed E-state index contributed by atoms with van der Waals surface area (Å²) in [7, 11) is 0. The van der Waals surface area contributed by atoms with Gasteiger partial charge in [0.1, 0.15) is 0 Å². The maximum absolute atomic E-state index is 6.13. The highest BCUT2D eigenvalue weighted by Crippen LogP contribution is 2.26. The van der Waals surface area contributed by atoms with E-state index in [0.29, 0.717) is 16.5 Å². The zero-order chi connectivity index (χ0) is 13.1. The van der Waals surface area contributed by atoms with Crippen LogP contribution in [-0.4, -0.2) is 4.98 Å². The fourth-order valence-electron chi connectivity index (χ4n) is 1.61. The van der Waals surface area contributed by atoms with Crippen molar-refractivity contribution in [3.05, 3.63) is 62.3 Å². The quantitative estimate of drug-likeness (QED) is 0.895. The van der Waals surface area contributed by atoms with Crippen molar-refractivity contribution in [3.8, 4) is 0 Å². The van der Waals surface area contributed by atoms with Crippen LogP contribution in [0.4, 0.5) is 0 Å². The number of nitrogens with zero attached hydrogens (tertiary/aromatic N) is 1. The standard InChI is InChI=1S/C13H11BrCl2N2/c14-9-2-3-10(18-7-9)6-13(17)8-1-4-11(15)12(16)5-8/h1-5,7,13H,6,17H2. The van der Waals surface area contributed by atoms with Crippen LogP contribution in [0.2, 0.25) is 10.0 Å². The van der Waals surface area contributed by atoms with Gasteiger partial charge in [0.25, 0.3) is 0 Å². The molecule has 2 aromatic rings. The highest BCUT2D eigenvalue weighted by atomic mass is 79.9. The molecule has 2 N–H and O–H groups in total. The molecule has 0 fully saturated rings. The molecular weight excluding hydrogens is 335 g/mol. The zero-order valence-corrected chi connectivity index (χ0v) is 12.5. The maximum Gasteiger partial charge on any atom is 0.0595 e. The summed E-state index contributed by atoms with van der Waals surface area (Å²) in [5.74, 6) is 0. The molecule has 0 saturated carbocycles. The lowest BCUT2D eigenvalue weighted by Gasteiger charge is -2.12. The van der Waals surface area contributed by atoms with Crippen molar-refractivity contribution in [2.24, 2.45) is 5.73 Å². The summed E-state index contributed by atoms with van der Waals surface area (Å²) in [5.41, 5.74) is 8.02. The molecule has 1 heterocycles. The molecule has 0 saturated heterocycles. The lowest BCUT2D eigenvalue weighted by atomic mass is 10.0. The fraction of sp³-hybridized carbons (Fsp3) is 0.154. The Bertz CT molecular complexity index is 543. The van der Waals surface area contributed by atoms with Crippen molar-refractivity contribution >= 4 is 39.1 Å². The van der Waals surface area contributed by atoms with Gasteiger partial charge in [-0.15, -0.1) is 0 Å². The first-order chi connectivity index (χ1) is 8.56. The third kappa shape index (κ3) is 3.45. The highest BCUT2D eigenvalue weighted by Gasteiger charge is 2.09. The lowest BCUT2D eigenvalue weighted by Crippen LogP contribution is -2.14. The maximum atomic E-state index is 6.13. The van der Waals surface area contributed by atoms with Gasteiger partial charge in [0.05, 0.1) is 10.0 Å². The lowest BCUT2D eigenvalue weighted by molar-refractivity contribution is 0.706. The molecule has 0 spiro atoms. The van der Waals surface area contributed by atoms with Crippen molar-refractivity contribution in [1.29, 1.82) is 0 Å². The molecule has 0 aliphatic carbocycles. The Balaban J connectivity index is 2.13. The van der Waals surface area contributed by atoms with Gasteiger partial charge < -0.3 is 5.73 Å². The summed E-state index contributed by atoms with van der Waals surface area (Å²) in [6.07, 6.45) is 2.42. The van der Waals surface area contributed by atoms with Crippen molar-refractivity contribution in [2.45, 2.75) is 12.5 Å². The molecule has 0 radical (unpaired) electrons. The number of nitrogens with two attached hydrogens (primary N) is 1. The molecule has 0 aliphatic rings. The Morgan fingerprint density at radius 3 is 2.56 bits per heavy atom. The average Bonchev–Trinajstić information content (AvgIpc) is 2.35. The van der Waals surface area contributed by atoms with Crippen LogP contribution in [0.1, 0.15) is 17.3 Å². The average molecular weight is 346 g/mol. The molecule has 5 heteroatoms. The van der Waals surface area contributed by atoms with Gasteiger partial charge in [-0.25, -0.2) is 0 Å². The second-order valence-electron chi connectivity index (χ2n) is 3.95. The summed E-state index contributed by atoms with van der Waals surface area (Å²) in [6.45, 7) is 0. The Labute approximate surface area is 124 Å². The highest BCUT2D eigenvalue weighted by molar-refractivity contribution is 9.10. The van der Waals surface area contributed by atoms with E-state index in [2.05, 4.69) is 20.9 Å². The Kier molecular flexibility index (Phi) is 4.62. The van der Waals surface area contributed by atoms with Gasteiger partial charge in [0.2, 0.25) is 0 Å². The topological polar surface area (TPSA) is 38.9 Å². The second-order valence-corrected chi connectivity index (χ2v) is 5.68. The van der Waals surface area contributed by atoms with Gasteiger partial charge in [-0.05, 0) is 45.8 Å². The predicted molar refractivity (Wildman–Crippen MR) is 79.0 cm³/mol. The number of aromatic nitrogens is 1. The Morgan fingerprint density at radius 1 is 1.17 bits per heavy atom. The summed E-state index contributed by atoms with van der Waals surface area (Å²) in [6, 6.07) is 9.19. The molecule has 1 atom stereocenters. The summed E-state index contributed by atoms with van der Waals surface area (Å²) >= 11 is 15.2. The van der Waals surface area contributed by atoms with Gasteiger partial charge in [-0.1, -0.05) is 29.3 Å². The third-order valence-electron chi connectivity index (χ3n) is 2.59. The van der Waals surface area contributed by atoms with Crippen molar-refractivity contribution < 1.29 is 0 Å². The zero-order valence-electron chi connectivity index (χ0n) is 9.41. The van der Waals surface area contributed by atoms with E-state index in [1.54, 1.807) is 18.3 Å². The molecule has 0 aliphatic heterocycles. The fourth-order valence-corrected chi connectivity index (χ4v) is 2.15. The van der Waals surface area contributed by atoms with Gasteiger partial charge in [-0.2, -0.15) is 0 Å². The van der Waals surface area contributed by atoms with Crippen molar-refractivity contribution in [2.75, 3.05) is 0 Å². The number of pyridine rings is 1. The largest absolute Gasteiger partial charge is 0.324 e. The van der Waals surface area contributed by atoms with Crippen LogP contribution >= 0.6 is 39.1 Å². The van der Waals surface area contributed by atoms with Crippen LogP contribution in [-0.2, 0) is 6.42 Å². The number of hydrogen-bond donors (Lipinski definition) is 1. The molecule has 18 heavy (non-hydrogen) atoms. The number of hydrogen-bond acceptors (Lipinski definition) is 2. The molecule has 94 valence electrons. The molecule has 0 amide bonds. The van der Waals surface area contributed by atoms with E-state index in [-0.39, 0.29) is 6.04 Å². The smallest absolute Gasteiger partial charge is 0.0595 e. The summed E-state index contributed by atoms with van der Waals surface area (Å²) in [5, 5.41) is 1.06. The third-order valence-corrected chi connectivity index (χ3v) is 3.80. The van der Waals surface area contributed by atoms with E-state index in [9.17, 15) is 0 Å². The van der Waals surface area contributed by atoms with Crippen LogP contribution < -0.4 is 5.73 Å². The van der Waals surface area contributed by atoms with Crippen LogP contribution in [0.25, 0.3) is 0 Å². The van der Waals surface area contributed by atoms with Gasteiger partial charge in [0, 0.05) is 28.8 Å². The van der Waals surface area contributed by atoms with Crippen LogP contribution in [0.5, 0.6) is 0 Å². The van der Waals surface area contributed by atoms with E-state index in [4.69, 9.17) is 28.9 Å². The first-order valence-corrected chi connectivity index (χ1v) is 6.92. The van der Waals surface area contributed by atoms with Crippen molar-refractivity contribution in [1.82, 2.24) is 4.98 Å². The minimum Gasteiger partial charge on any atom is -0.324 e. The predicted octanol–water partition coefficient (Wildman–Crippen LogP) is 4.39. The minimum atomic E-state index is -0.145. The van der Waals surface area contributed by atoms with Gasteiger partial charge in [-0.3, -0.25) is 4.98 Å². The summed E-state index contributed by atoms with van der Waals surface area (Å²) < 4.78 is 0.953. The first-order valence-electron chi connectivity index (χ1n) is 5.37. The molecular formula is C13H11BrCl2N2. The summed E-state index contributed by atoms with van der Waals surface area (Å²) in [4.78, 5) is 4.30. The van der Waals surface area contributed by atoms with E-state index >= 15 is 0 Å². The van der Waals surface area contributed by atoms with E-state index < -0.39 is 0 Å². The van der Waals surface area contributed by atoms with E-state index in [1.165, 1.54) is 0 Å². The SMILES string of the molecule is NC(Cc1ccc(Br)cn1)c1ccc(Cl)c(Cl)c1. The van der Waals surface area contributed by atoms with Crippen LogP contribution in [0.3, 0.4) is 0 Å². The van der Waals surface area contributed by atoms with Crippen LogP contribution in [0, 0.1) is 0 Å². The molecule has 1 aromatic heterocycles. The minimum absolute atomic E-state index is 0.145. The normalized spacial score (nSPS) is 12.4. The molecule has 2 nitrogen and oxygen atoms in total.